The average Bonchev–Trinajstić information content (AvgIpc) is 2.85. The van der Waals surface area contributed by atoms with Gasteiger partial charge in [0, 0.05) is 25.7 Å². The number of halogens is 1. The molecule has 20 heavy (non-hydrogen) atoms. The van der Waals surface area contributed by atoms with E-state index in [4.69, 9.17) is 0 Å². The SMILES string of the molecule is Fc1ccccc1-c1ccc2sc3ccccc3c2c1. The second-order valence-corrected chi connectivity index (χ2v) is 5.87. The van der Waals surface area contributed by atoms with Crippen LogP contribution in [0.2, 0.25) is 0 Å². The molecule has 96 valence electrons. The van der Waals surface area contributed by atoms with Crippen molar-refractivity contribution in [3.63, 3.8) is 0 Å². The van der Waals surface area contributed by atoms with Crippen molar-refractivity contribution in [2.75, 3.05) is 0 Å². The van der Waals surface area contributed by atoms with E-state index in [1.165, 1.54) is 26.2 Å². The van der Waals surface area contributed by atoms with Crippen LogP contribution in [0.3, 0.4) is 0 Å². The van der Waals surface area contributed by atoms with E-state index in [1.54, 1.807) is 17.4 Å². The Hall–Kier alpha value is -2.19. The summed E-state index contributed by atoms with van der Waals surface area (Å²) in [5.41, 5.74) is 1.59. The number of fused-ring (bicyclic) bond motifs is 3. The lowest BCUT2D eigenvalue weighted by atomic mass is 10.0. The number of benzene rings is 3. The summed E-state index contributed by atoms with van der Waals surface area (Å²) < 4.78 is 16.4. The van der Waals surface area contributed by atoms with Crippen LogP contribution in [0.15, 0.2) is 66.7 Å². The van der Waals surface area contributed by atoms with Gasteiger partial charge in [0.25, 0.3) is 0 Å². The average molecular weight is 278 g/mol. The van der Waals surface area contributed by atoms with Gasteiger partial charge >= 0.3 is 0 Å². The molecule has 0 unspecified atom stereocenters. The highest BCUT2D eigenvalue weighted by atomic mass is 32.1. The van der Waals surface area contributed by atoms with Gasteiger partial charge in [-0.15, -0.1) is 11.3 Å². The molecule has 0 fully saturated rings. The van der Waals surface area contributed by atoms with Gasteiger partial charge in [-0.05, 0) is 29.8 Å². The Balaban J connectivity index is 2.03. The predicted molar refractivity (Wildman–Crippen MR) is 84.7 cm³/mol. The summed E-state index contributed by atoms with van der Waals surface area (Å²) in [5, 5.41) is 2.44. The maximum atomic E-state index is 13.9. The fraction of sp³-hybridized carbons (Fsp3) is 0. The van der Waals surface area contributed by atoms with Crippen LogP contribution in [0.4, 0.5) is 4.39 Å². The molecule has 3 aromatic carbocycles. The zero-order valence-electron chi connectivity index (χ0n) is 10.6. The first-order valence-electron chi connectivity index (χ1n) is 6.49. The summed E-state index contributed by atoms with van der Waals surface area (Å²) in [6, 6.07) is 21.4. The van der Waals surface area contributed by atoms with Gasteiger partial charge in [0.1, 0.15) is 5.82 Å². The Morgan fingerprint density at radius 1 is 0.700 bits per heavy atom. The Morgan fingerprint density at radius 2 is 1.45 bits per heavy atom. The van der Waals surface area contributed by atoms with E-state index in [0.29, 0.717) is 5.56 Å². The van der Waals surface area contributed by atoms with E-state index < -0.39 is 0 Å². The second-order valence-electron chi connectivity index (χ2n) is 4.79. The van der Waals surface area contributed by atoms with Gasteiger partial charge in [0.05, 0.1) is 0 Å². The molecule has 1 aromatic heterocycles. The van der Waals surface area contributed by atoms with Crippen LogP contribution in [0.5, 0.6) is 0 Å². The monoisotopic (exact) mass is 278 g/mol. The highest BCUT2D eigenvalue weighted by Crippen LogP contribution is 2.36. The molecule has 0 aliphatic heterocycles. The van der Waals surface area contributed by atoms with Crippen LogP contribution >= 0.6 is 11.3 Å². The van der Waals surface area contributed by atoms with E-state index in [9.17, 15) is 4.39 Å². The van der Waals surface area contributed by atoms with E-state index in [0.717, 1.165) is 5.56 Å². The smallest absolute Gasteiger partial charge is 0.131 e. The molecule has 0 atom stereocenters. The summed E-state index contributed by atoms with van der Waals surface area (Å²) in [6.45, 7) is 0. The third kappa shape index (κ3) is 1.73. The molecule has 0 spiro atoms. The molecule has 1 heterocycles. The molecule has 0 saturated carbocycles. The minimum Gasteiger partial charge on any atom is -0.206 e. The van der Waals surface area contributed by atoms with Gasteiger partial charge in [0.2, 0.25) is 0 Å². The van der Waals surface area contributed by atoms with Crippen molar-refractivity contribution in [3.8, 4) is 11.1 Å². The van der Waals surface area contributed by atoms with E-state index >= 15 is 0 Å². The number of thiophene rings is 1. The van der Waals surface area contributed by atoms with E-state index in [2.05, 4.69) is 30.3 Å². The van der Waals surface area contributed by atoms with Gasteiger partial charge < -0.3 is 0 Å². The summed E-state index contributed by atoms with van der Waals surface area (Å²) in [6.07, 6.45) is 0. The molecule has 0 aliphatic carbocycles. The Morgan fingerprint density at radius 3 is 2.35 bits per heavy atom. The van der Waals surface area contributed by atoms with Gasteiger partial charge in [-0.2, -0.15) is 0 Å². The third-order valence-electron chi connectivity index (χ3n) is 3.56. The molecule has 0 radical (unpaired) electrons. The summed E-state index contributed by atoms with van der Waals surface area (Å²) in [5.74, 6) is -0.175. The van der Waals surface area contributed by atoms with Gasteiger partial charge in [-0.3, -0.25) is 0 Å². The molecule has 0 aliphatic rings. The summed E-state index contributed by atoms with van der Waals surface area (Å²) in [4.78, 5) is 0. The number of rotatable bonds is 1. The first-order valence-corrected chi connectivity index (χ1v) is 7.31. The van der Waals surface area contributed by atoms with Crippen molar-refractivity contribution < 1.29 is 4.39 Å². The first kappa shape index (κ1) is 11.6. The second kappa shape index (κ2) is 4.43. The number of hydrogen-bond donors (Lipinski definition) is 0. The fourth-order valence-corrected chi connectivity index (χ4v) is 3.68. The first-order chi connectivity index (χ1) is 9.83. The number of hydrogen-bond acceptors (Lipinski definition) is 1. The largest absolute Gasteiger partial charge is 0.206 e. The minimum absolute atomic E-state index is 0.175. The van der Waals surface area contributed by atoms with Crippen LogP contribution in [0, 0.1) is 5.82 Å². The fourth-order valence-electron chi connectivity index (χ4n) is 2.59. The van der Waals surface area contributed by atoms with Crippen LogP contribution in [0.1, 0.15) is 0 Å². The lowest BCUT2D eigenvalue weighted by molar-refractivity contribution is 0.631. The lowest BCUT2D eigenvalue weighted by Crippen LogP contribution is -1.82. The Labute approximate surface area is 120 Å². The quantitative estimate of drug-likeness (QED) is 0.409. The normalized spacial score (nSPS) is 11.2. The lowest BCUT2D eigenvalue weighted by Gasteiger charge is -2.03. The van der Waals surface area contributed by atoms with E-state index in [-0.39, 0.29) is 5.82 Å². The highest BCUT2D eigenvalue weighted by Gasteiger charge is 2.08. The summed E-state index contributed by atoms with van der Waals surface area (Å²) >= 11 is 1.78. The van der Waals surface area contributed by atoms with Crippen molar-refractivity contribution in [1.82, 2.24) is 0 Å². The molecular weight excluding hydrogens is 267 g/mol. The molecule has 0 saturated heterocycles. The van der Waals surface area contributed by atoms with Crippen LogP contribution in [-0.2, 0) is 0 Å². The topological polar surface area (TPSA) is 0 Å². The molecule has 4 aromatic rings. The predicted octanol–water partition coefficient (Wildman–Crippen LogP) is 5.86. The van der Waals surface area contributed by atoms with Gasteiger partial charge in [-0.25, -0.2) is 4.39 Å². The third-order valence-corrected chi connectivity index (χ3v) is 4.71. The minimum atomic E-state index is -0.175. The molecule has 0 N–H and O–H groups in total. The van der Waals surface area contributed by atoms with Crippen molar-refractivity contribution in [3.05, 3.63) is 72.5 Å². The van der Waals surface area contributed by atoms with E-state index in [1.807, 2.05) is 24.3 Å². The Bertz CT molecular complexity index is 921. The molecule has 2 heteroatoms. The van der Waals surface area contributed by atoms with Gasteiger partial charge in [-0.1, -0.05) is 42.5 Å². The van der Waals surface area contributed by atoms with Crippen molar-refractivity contribution in [1.29, 1.82) is 0 Å². The van der Waals surface area contributed by atoms with Crippen molar-refractivity contribution >= 4 is 31.5 Å². The zero-order valence-corrected chi connectivity index (χ0v) is 11.5. The molecular formula is C18H11FS. The zero-order chi connectivity index (χ0) is 13.5. The Kier molecular flexibility index (Phi) is 2.57. The maximum Gasteiger partial charge on any atom is 0.131 e. The standard InChI is InChI=1S/C18H11FS/c19-16-7-3-1-5-13(16)12-9-10-18-15(11-12)14-6-2-4-8-17(14)20-18/h1-11H. The molecule has 0 bridgehead atoms. The molecule has 0 amide bonds. The van der Waals surface area contributed by atoms with Crippen molar-refractivity contribution in [2.24, 2.45) is 0 Å². The summed E-state index contributed by atoms with van der Waals surface area (Å²) in [7, 11) is 0. The molecule has 0 nitrogen and oxygen atoms in total. The van der Waals surface area contributed by atoms with Gasteiger partial charge in [0.15, 0.2) is 0 Å². The highest BCUT2D eigenvalue weighted by molar-refractivity contribution is 7.25. The van der Waals surface area contributed by atoms with Crippen LogP contribution in [0.25, 0.3) is 31.3 Å². The van der Waals surface area contributed by atoms with Crippen LogP contribution in [-0.4, -0.2) is 0 Å². The van der Waals surface area contributed by atoms with Crippen LogP contribution < -0.4 is 0 Å². The maximum absolute atomic E-state index is 13.9. The molecule has 4 rings (SSSR count). The van der Waals surface area contributed by atoms with Crippen molar-refractivity contribution in [2.45, 2.75) is 0 Å².